The van der Waals surface area contributed by atoms with Crippen LogP contribution in [0.4, 0.5) is 11.4 Å². The molecular weight excluding hydrogens is 518 g/mol. The molecule has 1 heterocycles. The Morgan fingerprint density at radius 3 is 2.26 bits per heavy atom. The molecule has 0 spiro atoms. The summed E-state index contributed by atoms with van der Waals surface area (Å²) >= 11 is 5.75. The summed E-state index contributed by atoms with van der Waals surface area (Å²) < 4.78 is 15.4. The lowest BCUT2D eigenvalue weighted by atomic mass is 10.1. The van der Waals surface area contributed by atoms with Crippen molar-refractivity contribution in [2.75, 3.05) is 38.1 Å². The Labute approximate surface area is 232 Å². The Kier molecular flexibility index (Phi) is 8.77. The molecule has 0 radical (unpaired) electrons. The number of esters is 1. The minimum absolute atomic E-state index is 0.104. The van der Waals surface area contributed by atoms with Gasteiger partial charge < -0.3 is 24.4 Å². The predicted molar refractivity (Wildman–Crippen MR) is 151 cm³/mol. The average molecular weight is 548 g/mol. The second-order valence-corrected chi connectivity index (χ2v) is 9.13. The summed E-state index contributed by atoms with van der Waals surface area (Å²) in [6.07, 6.45) is 0.455. The van der Waals surface area contributed by atoms with E-state index >= 15 is 0 Å². The molecule has 0 aliphatic carbocycles. The molecule has 1 N–H and O–H groups in total. The number of benzene rings is 3. The highest BCUT2D eigenvalue weighted by molar-refractivity contribution is 7.80. The van der Waals surface area contributed by atoms with Gasteiger partial charge in [-0.15, -0.1) is 0 Å². The maximum Gasteiger partial charge on any atom is 0.337 e. The summed E-state index contributed by atoms with van der Waals surface area (Å²) in [5, 5.41) is 3.14. The molecule has 1 saturated heterocycles. The van der Waals surface area contributed by atoms with Crippen molar-refractivity contribution in [1.29, 1.82) is 0 Å². The molecule has 1 fully saturated rings. The van der Waals surface area contributed by atoms with Gasteiger partial charge in [0.25, 0.3) is 5.91 Å². The van der Waals surface area contributed by atoms with Crippen molar-refractivity contribution in [3.63, 3.8) is 0 Å². The Hall–Kier alpha value is -4.44. The summed E-state index contributed by atoms with van der Waals surface area (Å²) in [7, 11) is 4.45. The van der Waals surface area contributed by atoms with E-state index in [0.29, 0.717) is 46.5 Å². The third-order valence-corrected chi connectivity index (χ3v) is 6.81. The van der Waals surface area contributed by atoms with Crippen LogP contribution < -0.4 is 19.7 Å². The van der Waals surface area contributed by atoms with Gasteiger partial charge in [-0.3, -0.25) is 14.5 Å². The quantitative estimate of drug-likeness (QED) is 0.300. The number of carbonyl (C=O) groups is 3. The highest BCUT2D eigenvalue weighted by Crippen LogP contribution is 2.30. The number of anilines is 2. The number of para-hydroxylation sites is 1. The molecule has 2 amide bonds. The monoisotopic (exact) mass is 547 g/mol. The van der Waals surface area contributed by atoms with Crippen LogP contribution in [-0.4, -0.2) is 61.7 Å². The second-order valence-electron chi connectivity index (χ2n) is 8.76. The zero-order valence-electron chi connectivity index (χ0n) is 21.9. The Balaban J connectivity index is 1.53. The van der Waals surface area contributed by atoms with Gasteiger partial charge in [-0.05, 0) is 72.7 Å². The van der Waals surface area contributed by atoms with Gasteiger partial charge in [-0.25, -0.2) is 4.79 Å². The molecule has 1 atom stereocenters. The van der Waals surface area contributed by atoms with E-state index in [4.69, 9.17) is 26.4 Å². The number of carbonyl (C=O) groups excluding carboxylic acids is 3. The molecule has 0 saturated carbocycles. The fourth-order valence-corrected chi connectivity index (χ4v) is 4.80. The first kappa shape index (κ1) is 27.6. The molecule has 4 rings (SSSR count). The summed E-state index contributed by atoms with van der Waals surface area (Å²) in [5.41, 5.74) is 2.48. The third-order valence-electron chi connectivity index (χ3n) is 6.39. The molecule has 1 aliphatic heterocycles. The maximum absolute atomic E-state index is 13.6. The topological polar surface area (TPSA) is 97.4 Å². The van der Waals surface area contributed by atoms with Crippen molar-refractivity contribution in [1.82, 2.24) is 4.90 Å². The van der Waals surface area contributed by atoms with Crippen LogP contribution in [0.5, 0.6) is 11.5 Å². The van der Waals surface area contributed by atoms with Gasteiger partial charge in [-0.2, -0.15) is 0 Å². The number of thiocarbonyl (C=S) groups is 1. The van der Waals surface area contributed by atoms with Crippen LogP contribution in [0.15, 0.2) is 72.8 Å². The van der Waals surface area contributed by atoms with E-state index in [-0.39, 0.29) is 18.2 Å². The number of methoxy groups -OCH3 is 3. The summed E-state index contributed by atoms with van der Waals surface area (Å²) in [4.78, 5) is 41.6. The Morgan fingerprint density at radius 1 is 0.923 bits per heavy atom. The lowest BCUT2D eigenvalue weighted by Crippen LogP contribution is -2.39. The maximum atomic E-state index is 13.6. The van der Waals surface area contributed by atoms with Gasteiger partial charge in [0.15, 0.2) is 16.6 Å². The van der Waals surface area contributed by atoms with Gasteiger partial charge in [0.2, 0.25) is 5.91 Å². The van der Waals surface area contributed by atoms with Crippen LogP contribution in [-0.2, 0) is 20.7 Å². The molecule has 0 unspecified atom stereocenters. The van der Waals surface area contributed by atoms with Crippen LogP contribution in [0.25, 0.3) is 0 Å². The molecule has 3 aromatic carbocycles. The van der Waals surface area contributed by atoms with E-state index in [1.807, 2.05) is 48.5 Å². The van der Waals surface area contributed by atoms with E-state index in [2.05, 4.69) is 5.32 Å². The number of nitrogens with zero attached hydrogens (tertiary/aromatic N) is 2. The number of ether oxygens (including phenoxy) is 3. The molecule has 39 heavy (non-hydrogen) atoms. The molecule has 1 aliphatic rings. The molecule has 0 bridgehead atoms. The van der Waals surface area contributed by atoms with Crippen LogP contribution in [0.2, 0.25) is 0 Å². The van der Waals surface area contributed by atoms with Crippen molar-refractivity contribution in [3.8, 4) is 11.5 Å². The van der Waals surface area contributed by atoms with Crippen molar-refractivity contribution < 1.29 is 28.6 Å². The smallest absolute Gasteiger partial charge is 0.337 e. The van der Waals surface area contributed by atoms with Crippen molar-refractivity contribution in [2.24, 2.45) is 0 Å². The van der Waals surface area contributed by atoms with Gasteiger partial charge in [0.05, 0.1) is 39.0 Å². The molecule has 10 heteroatoms. The van der Waals surface area contributed by atoms with Crippen LogP contribution in [0, 0.1) is 0 Å². The first-order valence-corrected chi connectivity index (χ1v) is 12.7. The van der Waals surface area contributed by atoms with E-state index in [9.17, 15) is 14.4 Å². The minimum Gasteiger partial charge on any atom is -0.493 e. The van der Waals surface area contributed by atoms with Gasteiger partial charge in [0.1, 0.15) is 6.04 Å². The van der Waals surface area contributed by atoms with Gasteiger partial charge in [0, 0.05) is 12.2 Å². The molecular formula is C29H29N3O6S. The summed E-state index contributed by atoms with van der Waals surface area (Å²) in [6, 6.07) is 20.3. The molecule has 3 aromatic rings. The predicted octanol–water partition coefficient (Wildman–Crippen LogP) is 4.06. The van der Waals surface area contributed by atoms with E-state index in [1.54, 1.807) is 43.4 Å². The van der Waals surface area contributed by atoms with Crippen molar-refractivity contribution >= 4 is 46.5 Å². The average Bonchev–Trinajstić information content (AvgIpc) is 3.19. The number of hydrogen-bond donors (Lipinski definition) is 1. The minimum atomic E-state index is -0.785. The van der Waals surface area contributed by atoms with Gasteiger partial charge in [-0.1, -0.05) is 24.3 Å². The largest absolute Gasteiger partial charge is 0.493 e. The SMILES string of the molecule is COC(=O)c1ccc(NC(=O)C[C@@H]2C(=O)N(c3ccccc3)C(=S)N2CCc2ccc(OC)c(OC)c2)cc1. The first-order chi connectivity index (χ1) is 18.9. The molecule has 9 nitrogen and oxygen atoms in total. The van der Waals surface area contributed by atoms with Crippen LogP contribution >= 0.6 is 12.2 Å². The normalized spacial score (nSPS) is 14.8. The molecule has 0 aromatic heterocycles. The lowest BCUT2D eigenvalue weighted by Gasteiger charge is -2.24. The van der Waals surface area contributed by atoms with Crippen molar-refractivity contribution in [2.45, 2.75) is 18.9 Å². The second kappa shape index (κ2) is 12.4. The highest BCUT2D eigenvalue weighted by atomic mass is 32.1. The van der Waals surface area contributed by atoms with Crippen LogP contribution in [0.3, 0.4) is 0 Å². The van der Waals surface area contributed by atoms with Crippen molar-refractivity contribution in [3.05, 3.63) is 83.9 Å². The van der Waals surface area contributed by atoms with Crippen LogP contribution in [0.1, 0.15) is 22.3 Å². The number of rotatable bonds is 10. The standard InChI is InChI=1S/C29H29N3O6S/c1-36-24-14-9-19(17-25(24)37-2)15-16-31-23(27(34)32(29(31)39)22-7-5-4-6-8-22)18-26(33)30-21-12-10-20(11-13-21)28(35)38-3/h4-14,17,23H,15-16,18H2,1-3H3,(H,30,33)/t23-/m1/s1. The zero-order chi connectivity index (χ0) is 27.9. The number of hydrogen-bond acceptors (Lipinski definition) is 7. The van der Waals surface area contributed by atoms with Gasteiger partial charge >= 0.3 is 5.97 Å². The first-order valence-electron chi connectivity index (χ1n) is 12.2. The Bertz CT molecular complexity index is 1360. The van der Waals surface area contributed by atoms with E-state index in [0.717, 1.165) is 5.56 Å². The fourth-order valence-electron chi connectivity index (χ4n) is 4.38. The number of nitrogens with one attached hydrogen (secondary N) is 1. The van der Waals surface area contributed by atoms with E-state index in [1.165, 1.54) is 12.0 Å². The third kappa shape index (κ3) is 6.18. The summed E-state index contributed by atoms with van der Waals surface area (Å²) in [6.45, 7) is 0.412. The van der Waals surface area contributed by atoms with E-state index < -0.39 is 12.0 Å². The zero-order valence-corrected chi connectivity index (χ0v) is 22.7. The summed E-state index contributed by atoms with van der Waals surface area (Å²) in [5.74, 6) is 0.138. The fraction of sp³-hybridized carbons (Fsp3) is 0.241. The lowest BCUT2D eigenvalue weighted by molar-refractivity contribution is -0.124. The Morgan fingerprint density at radius 2 is 1.62 bits per heavy atom. The number of amides is 2. The molecule has 202 valence electrons. The highest BCUT2D eigenvalue weighted by Gasteiger charge is 2.43.